The number of carbonyl (C=O) groups excluding carboxylic acids is 1. The summed E-state index contributed by atoms with van der Waals surface area (Å²) in [5, 5.41) is 4.20. The van der Waals surface area contributed by atoms with Gasteiger partial charge in [0.05, 0.1) is 0 Å². The van der Waals surface area contributed by atoms with E-state index in [1.807, 2.05) is 0 Å². The molecule has 0 bridgehead atoms. The van der Waals surface area contributed by atoms with E-state index < -0.39 is 0 Å². The third kappa shape index (κ3) is 5.89. The standard InChI is InChI=1S/C14H26BrNO/c1-2-3-4-9-14(17)16-11-13-8-6-5-7-12(13)10-15/h12-13H,2-11H2,1H3,(H,16,17). The van der Waals surface area contributed by atoms with E-state index in [9.17, 15) is 4.79 Å². The Labute approximate surface area is 114 Å². The molecule has 0 radical (unpaired) electrons. The highest BCUT2D eigenvalue weighted by Gasteiger charge is 2.24. The van der Waals surface area contributed by atoms with Gasteiger partial charge in [-0.05, 0) is 31.1 Å². The minimum atomic E-state index is 0.248. The zero-order valence-electron chi connectivity index (χ0n) is 11.0. The van der Waals surface area contributed by atoms with E-state index in [4.69, 9.17) is 0 Å². The van der Waals surface area contributed by atoms with E-state index in [2.05, 4.69) is 28.2 Å². The highest BCUT2D eigenvalue weighted by molar-refractivity contribution is 9.09. The summed E-state index contributed by atoms with van der Waals surface area (Å²) in [5.74, 6) is 1.70. The van der Waals surface area contributed by atoms with Crippen LogP contribution in [0.1, 0.15) is 58.3 Å². The lowest BCUT2D eigenvalue weighted by molar-refractivity contribution is -0.121. The molecular weight excluding hydrogens is 278 g/mol. The van der Waals surface area contributed by atoms with Crippen molar-refractivity contribution >= 4 is 21.8 Å². The monoisotopic (exact) mass is 303 g/mol. The minimum Gasteiger partial charge on any atom is -0.356 e. The van der Waals surface area contributed by atoms with E-state index in [1.54, 1.807) is 0 Å². The first kappa shape index (κ1) is 15.0. The molecule has 1 N–H and O–H groups in total. The highest BCUT2D eigenvalue weighted by atomic mass is 79.9. The van der Waals surface area contributed by atoms with E-state index in [0.29, 0.717) is 12.3 Å². The molecule has 1 fully saturated rings. The van der Waals surface area contributed by atoms with E-state index in [1.165, 1.54) is 38.5 Å². The molecule has 0 aromatic rings. The Morgan fingerprint density at radius 3 is 2.59 bits per heavy atom. The smallest absolute Gasteiger partial charge is 0.220 e. The van der Waals surface area contributed by atoms with Crippen molar-refractivity contribution < 1.29 is 4.79 Å². The second-order valence-corrected chi connectivity index (χ2v) is 5.87. The summed E-state index contributed by atoms with van der Waals surface area (Å²) in [5.41, 5.74) is 0. The van der Waals surface area contributed by atoms with E-state index in [0.717, 1.165) is 24.2 Å². The molecule has 0 aliphatic heterocycles. The van der Waals surface area contributed by atoms with Crippen LogP contribution in [0.2, 0.25) is 0 Å². The molecule has 0 aromatic carbocycles. The summed E-state index contributed by atoms with van der Waals surface area (Å²) in [4.78, 5) is 11.6. The largest absolute Gasteiger partial charge is 0.356 e. The summed E-state index contributed by atoms with van der Waals surface area (Å²) in [6, 6.07) is 0. The second kappa shape index (κ2) is 8.96. The maximum Gasteiger partial charge on any atom is 0.220 e. The Bertz CT molecular complexity index is 220. The minimum absolute atomic E-state index is 0.248. The van der Waals surface area contributed by atoms with Crippen LogP contribution in [-0.4, -0.2) is 17.8 Å². The number of unbranched alkanes of at least 4 members (excludes halogenated alkanes) is 2. The van der Waals surface area contributed by atoms with Crippen LogP contribution in [0.3, 0.4) is 0 Å². The highest BCUT2D eigenvalue weighted by Crippen LogP contribution is 2.30. The zero-order valence-corrected chi connectivity index (χ0v) is 12.6. The predicted octanol–water partition coefficient (Wildman–Crippen LogP) is 3.88. The normalized spacial score (nSPS) is 24.6. The summed E-state index contributed by atoms with van der Waals surface area (Å²) in [6.07, 6.45) is 9.39. The molecule has 2 atom stereocenters. The van der Waals surface area contributed by atoms with Crippen molar-refractivity contribution in [3.05, 3.63) is 0 Å². The average Bonchev–Trinajstić information content (AvgIpc) is 2.37. The number of rotatable bonds is 7. The van der Waals surface area contributed by atoms with Crippen molar-refractivity contribution in [1.82, 2.24) is 5.32 Å². The van der Waals surface area contributed by atoms with Crippen LogP contribution in [0.15, 0.2) is 0 Å². The Kier molecular flexibility index (Phi) is 7.91. The van der Waals surface area contributed by atoms with Gasteiger partial charge in [0.15, 0.2) is 0 Å². The lowest BCUT2D eigenvalue weighted by atomic mass is 9.80. The third-order valence-electron chi connectivity index (χ3n) is 3.83. The topological polar surface area (TPSA) is 29.1 Å². The fourth-order valence-electron chi connectivity index (χ4n) is 2.63. The van der Waals surface area contributed by atoms with Crippen molar-refractivity contribution in [2.75, 3.05) is 11.9 Å². The molecule has 0 saturated heterocycles. The molecule has 100 valence electrons. The molecule has 1 saturated carbocycles. The first-order chi connectivity index (χ1) is 8.27. The van der Waals surface area contributed by atoms with Gasteiger partial charge in [-0.3, -0.25) is 4.79 Å². The molecule has 0 spiro atoms. The lowest BCUT2D eigenvalue weighted by Crippen LogP contribution is -2.34. The third-order valence-corrected chi connectivity index (χ3v) is 4.67. The number of amides is 1. The molecule has 2 unspecified atom stereocenters. The fourth-order valence-corrected chi connectivity index (χ4v) is 3.48. The van der Waals surface area contributed by atoms with Crippen molar-refractivity contribution in [1.29, 1.82) is 0 Å². The van der Waals surface area contributed by atoms with Gasteiger partial charge in [0.25, 0.3) is 0 Å². The molecule has 1 amide bonds. The van der Waals surface area contributed by atoms with Crippen LogP contribution in [0.5, 0.6) is 0 Å². The van der Waals surface area contributed by atoms with E-state index >= 15 is 0 Å². The van der Waals surface area contributed by atoms with Gasteiger partial charge in [0, 0.05) is 18.3 Å². The van der Waals surface area contributed by atoms with Gasteiger partial charge in [-0.15, -0.1) is 0 Å². The first-order valence-corrected chi connectivity index (χ1v) is 8.22. The Hall–Kier alpha value is -0.0500. The maximum absolute atomic E-state index is 11.6. The summed E-state index contributed by atoms with van der Waals surface area (Å²) in [6.45, 7) is 3.06. The predicted molar refractivity (Wildman–Crippen MR) is 76.4 cm³/mol. The molecule has 3 heteroatoms. The number of hydrogen-bond donors (Lipinski definition) is 1. The molecular formula is C14H26BrNO. The van der Waals surface area contributed by atoms with Gasteiger partial charge >= 0.3 is 0 Å². The lowest BCUT2D eigenvalue weighted by Gasteiger charge is -2.30. The van der Waals surface area contributed by atoms with Crippen LogP contribution in [0, 0.1) is 11.8 Å². The molecule has 17 heavy (non-hydrogen) atoms. The van der Waals surface area contributed by atoms with Crippen molar-refractivity contribution in [3.63, 3.8) is 0 Å². The molecule has 1 aliphatic carbocycles. The van der Waals surface area contributed by atoms with Gasteiger partial charge in [-0.2, -0.15) is 0 Å². The van der Waals surface area contributed by atoms with Crippen LogP contribution >= 0.6 is 15.9 Å². The number of nitrogens with one attached hydrogen (secondary N) is 1. The summed E-state index contributed by atoms with van der Waals surface area (Å²) < 4.78 is 0. The zero-order chi connectivity index (χ0) is 12.5. The van der Waals surface area contributed by atoms with Gasteiger partial charge in [0.1, 0.15) is 0 Å². The average molecular weight is 304 g/mol. The summed E-state index contributed by atoms with van der Waals surface area (Å²) >= 11 is 3.60. The number of alkyl halides is 1. The van der Waals surface area contributed by atoms with Gasteiger partial charge < -0.3 is 5.32 Å². The molecule has 0 heterocycles. The fraction of sp³-hybridized carbons (Fsp3) is 0.929. The Morgan fingerprint density at radius 1 is 1.24 bits per heavy atom. The quantitative estimate of drug-likeness (QED) is 0.561. The van der Waals surface area contributed by atoms with Crippen molar-refractivity contribution in [2.24, 2.45) is 11.8 Å². The molecule has 0 aromatic heterocycles. The van der Waals surface area contributed by atoms with Gasteiger partial charge in [0.2, 0.25) is 5.91 Å². The first-order valence-electron chi connectivity index (χ1n) is 7.10. The van der Waals surface area contributed by atoms with Crippen LogP contribution < -0.4 is 5.32 Å². The van der Waals surface area contributed by atoms with E-state index in [-0.39, 0.29) is 5.91 Å². The SMILES string of the molecule is CCCCCC(=O)NCC1CCCCC1CBr. The molecule has 2 nitrogen and oxygen atoms in total. The van der Waals surface area contributed by atoms with Crippen LogP contribution in [0.25, 0.3) is 0 Å². The van der Waals surface area contributed by atoms with Crippen LogP contribution in [0.4, 0.5) is 0 Å². The van der Waals surface area contributed by atoms with Crippen molar-refractivity contribution in [2.45, 2.75) is 58.3 Å². The Morgan fingerprint density at radius 2 is 1.94 bits per heavy atom. The molecule has 1 rings (SSSR count). The van der Waals surface area contributed by atoms with Crippen LogP contribution in [-0.2, 0) is 4.79 Å². The van der Waals surface area contributed by atoms with Gasteiger partial charge in [-0.25, -0.2) is 0 Å². The number of halogens is 1. The second-order valence-electron chi connectivity index (χ2n) is 5.22. The number of hydrogen-bond acceptors (Lipinski definition) is 1. The summed E-state index contributed by atoms with van der Waals surface area (Å²) in [7, 11) is 0. The van der Waals surface area contributed by atoms with Gasteiger partial charge in [-0.1, -0.05) is 48.5 Å². The number of carbonyl (C=O) groups is 1. The Balaban J connectivity index is 2.17. The molecule has 1 aliphatic rings. The van der Waals surface area contributed by atoms with Crippen molar-refractivity contribution in [3.8, 4) is 0 Å². The maximum atomic E-state index is 11.6.